The third-order valence-corrected chi connectivity index (χ3v) is 3.37. The molecule has 2 atom stereocenters. The zero-order chi connectivity index (χ0) is 13.4. The van der Waals surface area contributed by atoms with Gasteiger partial charge >= 0.3 is 0 Å². The van der Waals surface area contributed by atoms with Crippen molar-refractivity contribution in [2.45, 2.75) is 18.6 Å². The fourth-order valence-corrected chi connectivity index (χ4v) is 2.34. The highest BCUT2D eigenvalue weighted by Gasteiger charge is 2.26. The minimum Gasteiger partial charge on any atom is -0.487 e. The van der Waals surface area contributed by atoms with Gasteiger partial charge in [-0.25, -0.2) is 4.98 Å². The molecule has 1 aliphatic heterocycles. The lowest BCUT2D eigenvalue weighted by Crippen LogP contribution is -2.40. The highest BCUT2D eigenvalue weighted by atomic mass is 35.5. The summed E-state index contributed by atoms with van der Waals surface area (Å²) >= 11 is 5.99. The van der Waals surface area contributed by atoms with Gasteiger partial charge in [0.25, 0.3) is 0 Å². The standard InChI is InChI=1S/C12H14ClN3O3/c1-16-12-7(5-14-16)10(4-11(13)15-12)19-9-2-3-18-6-8(9)17/h4-5,8-9,17H,2-3,6H2,1H3/t8-,9+/m1/s1. The molecule has 0 amide bonds. The number of rotatable bonds is 2. The molecular weight excluding hydrogens is 270 g/mol. The van der Waals surface area contributed by atoms with Gasteiger partial charge in [-0.3, -0.25) is 4.68 Å². The van der Waals surface area contributed by atoms with E-state index in [0.29, 0.717) is 36.2 Å². The monoisotopic (exact) mass is 283 g/mol. The van der Waals surface area contributed by atoms with Crippen molar-refractivity contribution in [1.29, 1.82) is 0 Å². The summed E-state index contributed by atoms with van der Waals surface area (Å²) in [6, 6.07) is 1.65. The fourth-order valence-electron chi connectivity index (χ4n) is 2.16. The van der Waals surface area contributed by atoms with Crippen LogP contribution >= 0.6 is 11.6 Å². The van der Waals surface area contributed by atoms with E-state index in [4.69, 9.17) is 21.1 Å². The summed E-state index contributed by atoms with van der Waals surface area (Å²) in [7, 11) is 1.79. The van der Waals surface area contributed by atoms with E-state index >= 15 is 0 Å². The second-order valence-corrected chi connectivity index (χ2v) is 4.92. The molecule has 1 N–H and O–H groups in total. The zero-order valence-electron chi connectivity index (χ0n) is 10.4. The predicted molar refractivity (Wildman–Crippen MR) is 69.4 cm³/mol. The lowest BCUT2D eigenvalue weighted by molar-refractivity contribution is -0.0746. The smallest absolute Gasteiger partial charge is 0.162 e. The Balaban J connectivity index is 1.95. The number of hydrogen-bond acceptors (Lipinski definition) is 5. The number of hydrogen-bond donors (Lipinski definition) is 1. The number of ether oxygens (including phenoxy) is 2. The minimum absolute atomic E-state index is 0.291. The Morgan fingerprint density at radius 1 is 1.58 bits per heavy atom. The Bertz CT molecular complexity index is 601. The van der Waals surface area contributed by atoms with Crippen molar-refractivity contribution in [3.05, 3.63) is 17.4 Å². The van der Waals surface area contributed by atoms with Crippen LogP contribution in [0.3, 0.4) is 0 Å². The van der Waals surface area contributed by atoms with E-state index < -0.39 is 6.10 Å². The number of aliphatic hydroxyl groups excluding tert-OH is 1. The van der Waals surface area contributed by atoms with Crippen LogP contribution in [0.15, 0.2) is 12.3 Å². The zero-order valence-corrected chi connectivity index (χ0v) is 11.2. The van der Waals surface area contributed by atoms with Crippen molar-refractivity contribution < 1.29 is 14.6 Å². The summed E-state index contributed by atoms with van der Waals surface area (Å²) in [5.41, 5.74) is 0.657. The molecule has 1 saturated heterocycles. The van der Waals surface area contributed by atoms with E-state index in [1.165, 1.54) is 0 Å². The Kier molecular flexibility index (Phi) is 3.30. The molecule has 0 aliphatic carbocycles. The molecule has 2 aromatic heterocycles. The summed E-state index contributed by atoms with van der Waals surface area (Å²) in [6.07, 6.45) is 1.39. The summed E-state index contributed by atoms with van der Waals surface area (Å²) in [4.78, 5) is 4.21. The Hall–Kier alpha value is -1.37. The maximum Gasteiger partial charge on any atom is 0.162 e. The van der Waals surface area contributed by atoms with Gasteiger partial charge in [0.2, 0.25) is 0 Å². The molecule has 19 heavy (non-hydrogen) atoms. The van der Waals surface area contributed by atoms with Crippen molar-refractivity contribution in [2.24, 2.45) is 7.05 Å². The van der Waals surface area contributed by atoms with E-state index in [0.717, 1.165) is 5.39 Å². The second-order valence-electron chi connectivity index (χ2n) is 4.54. The fraction of sp³-hybridized carbons (Fsp3) is 0.500. The molecular formula is C12H14ClN3O3. The van der Waals surface area contributed by atoms with E-state index in [1.54, 1.807) is 24.0 Å². The van der Waals surface area contributed by atoms with Gasteiger partial charge in [-0.2, -0.15) is 5.10 Å². The summed E-state index contributed by atoms with van der Waals surface area (Å²) < 4.78 is 12.7. The average molecular weight is 284 g/mol. The number of pyridine rings is 1. The number of nitrogens with zero attached hydrogens (tertiary/aromatic N) is 3. The van der Waals surface area contributed by atoms with Crippen LogP contribution in [-0.4, -0.2) is 45.3 Å². The van der Waals surface area contributed by atoms with Crippen LogP contribution < -0.4 is 4.74 Å². The largest absolute Gasteiger partial charge is 0.487 e. The molecule has 1 aliphatic rings. The van der Waals surface area contributed by atoms with Crippen molar-refractivity contribution >= 4 is 22.6 Å². The molecule has 0 spiro atoms. The van der Waals surface area contributed by atoms with Gasteiger partial charge in [-0.1, -0.05) is 11.6 Å². The average Bonchev–Trinajstić information content (AvgIpc) is 2.74. The first kappa shape index (κ1) is 12.7. The van der Waals surface area contributed by atoms with Gasteiger partial charge in [-0.15, -0.1) is 0 Å². The van der Waals surface area contributed by atoms with Crippen LogP contribution in [0.25, 0.3) is 11.0 Å². The van der Waals surface area contributed by atoms with Crippen LogP contribution in [0.5, 0.6) is 5.75 Å². The van der Waals surface area contributed by atoms with E-state index in [-0.39, 0.29) is 6.10 Å². The summed E-state index contributed by atoms with van der Waals surface area (Å²) in [5.74, 6) is 0.592. The van der Waals surface area contributed by atoms with Crippen LogP contribution in [0.4, 0.5) is 0 Å². The van der Waals surface area contributed by atoms with Gasteiger partial charge in [0.05, 0.1) is 24.8 Å². The van der Waals surface area contributed by atoms with Crippen LogP contribution in [0.2, 0.25) is 5.15 Å². The summed E-state index contributed by atoms with van der Waals surface area (Å²) in [5, 5.41) is 15.1. The molecule has 0 unspecified atom stereocenters. The third kappa shape index (κ3) is 2.39. The molecule has 6 nitrogen and oxygen atoms in total. The van der Waals surface area contributed by atoms with E-state index in [2.05, 4.69) is 10.1 Å². The third-order valence-electron chi connectivity index (χ3n) is 3.18. The lowest BCUT2D eigenvalue weighted by atomic mass is 10.1. The predicted octanol–water partition coefficient (Wildman–Crippen LogP) is 1.15. The SMILES string of the molecule is Cn1ncc2c(O[C@H]3CCOC[C@H]3O)cc(Cl)nc21. The van der Waals surface area contributed by atoms with Crippen molar-refractivity contribution in [1.82, 2.24) is 14.8 Å². The van der Waals surface area contributed by atoms with Gasteiger partial charge < -0.3 is 14.6 Å². The maximum atomic E-state index is 9.86. The molecule has 2 aromatic rings. The molecule has 102 valence electrons. The van der Waals surface area contributed by atoms with Gasteiger partial charge in [0.15, 0.2) is 5.65 Å². The van der Waals surface area contributed by atoms with Gasteiger partial charge in [0, 0.05) is 19.5 Å². The molecule has 3 heterocycles. The molecule has 0 saturated carbocycles. The number of halogens is 1. The maximum absolute atomic E-state index is 9.86. The first-order valence-electron chi connectivity index (χ1n) is 6.06. The van der Waals surface area contributed by atoms with Crippen molar-refractivity contribution in [3.63, 3.8) is 0 Å². The molecule has 0 aromatic carbocycles. The number of aryl methyl sites for hydroxylation is 1. The number of aromatic nitrogens is 3. The quantitative estimate of drug-likeness (QED) is 0.838. The Morgan fingerprint density at radius 3 is 3.21 bits per heavy atom. The van der Waals surface area contributed by atoms with E-state index in [1.807, 2.05) is 0 Å². The first-order valence-corrected chi connectivity index (χ1v) is 6.43. The number of fused-ring (bicyclic) bond motifs is 1. The Labute approximate surface area is 114 Å². The van der Waals surface area contributed by atoms with Gasteiger partial charge in [0.1, 0.15) is 23.1 Å². The van der Waals surface area contributed by atoms with Crippen molar-refractivity contribution in [2.75, 3.05) is 13.2 Å². The summed E-state index contributed by atoms with van der Waals surface area (Å²) in [6.45, 7) is 0.871. The molecule has 7 heteroatoms. The van der Waals surface area contributed by atoms with Crippen LogP contribution in [0.1, 0.15) is 6.42 Å². The topological polar surface area (TPSA) is 69.4 Å². The van der Waals surface area contributed by atoms with Crippen LogP contribution in [0, 0.1) is 0 Å². The molecule has 3 rings (SSSR count). The van der Waals surface area contributed by atoms with Crippen molar-refractivity contribution in [3.8, 4) is 5.75 Å². The number of aliphatic hydroxyl groups is 1. The Morgan fingerprint density at radius 2 is 2.42 bits per heavy atom. The first-order chi connectivity index (χ1) is 9.15. The molecule has 0 bridgehead atoms. The van der Waals surface area contributed by atoms with Gasteiger partial charge in [-0.05, 0) is 0 Å². The highest BCUT2D eigenvalue weighted by Crippen LogP contribution is 2.29. The normalized spacial score (nSPS) is 23.7. The lowest BCUT2D eigenvalue weighted by Gasteiger charge is -2.28. The van der Waals surface area contributed by atoms with Crippen LogP contribution in [-0.2, 0) is 11.8 Å². The van der Waals surface area contributed by atoms with E-state index in [9.17, 15) is 5.11 Å². The molecule has 0 radical (unpaired) electrons. The molecule has 1 fully saturated rings. The highest BCUT2D eigenvalue weighted by molar-refractivity contribution is 6.30. The minimum atomic E-state index is -0.632. The second kappa shape index (κ2) is 4.96.